The van der Waals surface area contributed by atoms with Crippen LogP contribution in [0, 0.1) is 6.92 Å². The molecule has 0 amide bonds. The lowest BCUT2D eigenvalue weighted by Crippen LogP contribution is -2.41. The van der Waals surface area contributed by atoms with Gasteiger partial charge in [-0.2, -0.15) is 0 Å². The fourth-order valence-corrected chi connectivity index (χ4v) is 3.34. The van der Waals surface area contributed by atoms with Crippen LogP contribution in [0.3, 0.4) is 0 Å². The van der Waals surface area contributed by atoms with Gasteiger partial charge in [-0.25, -0.2) is 0 Å². The average molecular weight is 329 g/mol. The minimum atomic E-state index is -2.05. The first-order chi connectivity index (χ1) is 10.9. The molecule has 2 aromatic rings. The molecular formula is C16H11NO5S. The molecule has 0 spiro atoms. The molecule has 6 nitrogen and oxygen atoms in total. The molecule has 1 aliphatic rings. The van der Waals surface area contributed by atoms with E-state index in [0.29, 0.717) is 4.88 Å². The number of ketones is 3. The van der Waals surface area contributed by atoms with Crippen molar-refractivity contribution < 1.29 is 24.6 Å². The monoisotopic (exact) mass is 329 g/mol. The van der Waals surface area contributed by atoms with E-state index in [1.54, 1.807) is 24.4 Å². The summed E-state index contributed by atoms with van der Waals surface area (Å²) in [5, 5.41) is 19.4. The summed E-state index contributed by atoms with van der Waals surface area (Å²) in [6, 6.07) is 6.95. The Morgan fingerprint density at radius 2 is 1.78 bits per heavy atom. The highest BCUT2D eigenvalue weighted by atomic mass is 32.1. The van der Waals surface area contributed by atoms with Gasteiger partial charge in [0.15, 0.2) is 11.9 Å². The number of thiophene rings is 1. The summed E-state index contributed by atoms with van der Waals surface area (Å²) in [4.78, 5) is 40.2. The molecule has 1 aliphatic carbocycles. The van der Waals surface area contributed by atoms with E-state index < -0.39 is 29.2 Å². The summed E-state index contributed by atoms with van der Waals surface area (Å²) in [6.07, 6.45) is -0.402. The van der Waals surface area contributed by atoms with Crippen molar-refractivity contribution in [2.24, 2.45) is 0 Å². The standard InChI is InChI=1S/C16H11NO5S/c1-7-6-8(4-5-17-7)9-2-3-10(23-9)11-12(18)14(20)16(22)15(21)13(11)19/h2-6,14,19-20H,1H3. The number of carbonyl (C=O) groups is 3. The van der Waals surface area contributed by atoms with Crippen LogP contribution in [0.4, 0.5) is 0 Å². The Bertz CT molecular complexity index is 880. The van der Waals surface area contributed by atoms with Crippen LogP contribution in [0.15, 0.2) is 36.2 Å². The van der Waals surface area contributed by atoms with Crippen molar-refractivity contribution in [3.05, 3.63) is 46.8 Å². The zero-order valence-corrected chi connectivity index (χ0v) is 12.8. The predicted molar refractivity (Wildman–Crippen MR) is 82.9 cm³/mol. The second-order valence-electron chi connectivity index (χ2n) is 5.03. The number of aliphatic hydroxyl groups is 2. The molecule has 0 radical (unpaired) electrons. The van der Waals surface area contributed by atoms with E-state index in [2.05, 4.69) is 4.98 Å². The zero-order chi connectivity index (χ0) is 16.7. The first kappa shape index (κ1) is 15.3. The summed E-state index contributed by atoms with van der Waals surface area (Å²) < 4.78 is 0. The van der Waals surface area contributed by atoms with Crippen molar-refractivity contribution >= 4 is 34.3 Å². The Hall–Kier alpha value is -2.64. The van der Waals surface area contributed by atoms with Gasteiger partial charge in [-0.05, 0) is 36.8 Å². The van der Waals surface area contributed by atoms with Crippen LogP contribution in [-0.2, 0) is 14.4 Å². The zero-order valence-electron chi connectivity index (χ0n) is 11.9. The van der Waals surface area contributed by atoms with Crippen LogP contribution in [0.5, 0.6) is 0 Å². The Balaban J connectivity index is 2.08. The molecule has 116 valence electrons. The van der Waals surface area contributed by atoms with Crippen molar-refractivity contribution in [1.29, 1.82) is 0 Å². The topological polar surface area (TPSA) is 105 Å². The SMILES string of the molecule is Cc1cc(-c2ccc(C3=C(O)C(=O)C(=O)C(O)C3=O)s2)ccn1. The van der Waals surface area contributed by atoms with E-state index in [4.69, 9.17) is 0 Å². The number of carbonyl (C=O) groups excluding carboxylic acids is 3. The molecule has 1 unspecified atom stereocenters. The average Bonchev–Trinajstić information content (AvgIpc) is 3.01. The summed E-state index contributed by atoms with van der Waals surface area (Å²) in [7, 11) is 0. The molecule has 0 fully saturated rings. The van der Waals surface area contributed by atoms with Gasteiger partial charge in [0.1, 0.15) is 0 Å². The maximum Gasteiger partial charge on any atom is 0.266 e. The number of allylic oxidation sites excluding steroid dienone is 1. The normalized spacial score (nSPS) is 18.7. The molecule has 2 aromatic heterocycles. The Kier molecular flexibility index (Phi) is 3.67. The molecule has 0 bridgehead atoms. The van der Waals surface area contributed by atoms with Crippen molar-refractivity contribution in [1.82, 2.24) is 4.98 Å². The minimum absolute atomic E-state index is 0.316. The van der Waals surface area contributed by atoms with Crippen LogP contribution >= 0.6 is 11.3 Å². The summed E-state index contributed by atoms with van der Waals surface area (Å²) >= 11 is 1.17. The van der Waals surface area contributed by atoms with E-state index in [-0.39, 0.29) is 5.57 Å². The lowest BCUT2D eigenvalue weighted by atomic mass is 9.91. The predicted octanol–water partition coefficient (Wildman–Crippen LogP) is 1.47. The quantitative estimate of drug-likeness (QED) is 0.638. The maximum atomic E-state index is 12.0. The minimum Gasteiger partial charge on any atom is -0.503 e. The summed E-state index contributed by atoms with van der Waals surface area (Å²) in [5.41, 5.74) is 1.38. The smallest absolute Gasteiger partial charge is 0.266 e. The third-order valence-electron chi connectivity index (χ3n) is 3.45. The molecule has 7 heteroatoms. The molecule has 1 atom stereocenters. The third kappa shape index (κ3) is 2.49. The van der Waals surface area contributed by atoms with Crippen LogP contribution in [0.2, 0.25) is 0 Å². The van der Waals surface area contributed by atoms with Gasteiger partial charge in [0.25, 0.3) is 5.78 Å². The highest BCUT2D eigenvalue weighted by Gasteiger charge is 2.42. The number of aryl methyl sites for hydroxylation is 1. The largest absolute Gasteiger partial charge is 0.503 e. The van der Waals surface area contributed by atoms with Gasteiger partial charge < -0.3 is 10.2 Å². The number of nitrogens with zero attached hydrogens (tertiary/aromatic N) is 1. The van der Waals surface area contributed by atoms with Crippen LogP contribution in [0.1, 0.15) is 10.6 Å². The Labute approximate surface area is 134 Å². The molecule has 0 aliphatic heterocycles. The highest BCUT2D eigenvalue weighted by Crippen LogP contribution is 2.35. The lowest BCUT2D eigenvalue weighted by molar-refractivity contribution is -0.145. The molecule has 0 saturated heterocycles. The van der Waals surface area contributed by atoms with Crippen molar-refractivity contribution in [2.45, 2.75) is 13.0 Å². The summed E-state index contributed by atoms with van der Waals surface area (Å²) in [5.74, 6) is -4.43. The number of aliphatic hydroxyl groups excluding tert-OH is 2. The van der Waals surface area contributed by atoms with Crippen molar-refractivity contribution in [3.8, 4) is 10.4 Å². The van der Waals surface area contributed by atoms with E-state index in [1.165, 1.54) is 11.3 Å². The van der Waals surface area contributed by atoms with Crippen LogP contribution < -0.4 is 0 Å². The second kappa shape index (κ2) is 5.53. The number of hydrogen-bond acceptors (Lipinski definition) is 7. The van der Waals surface area contributed by atoms with Gasteiger partial charge in [0, 0.05) is 21.6 Å². The van der Waals surface area contributed by atoms with Crippen molar-refractivity contribution in [3.63, 3.8) is 0 Å². The van der Waals surface area contributed by atoms with Crippen LogP contribution in [-0.4, -0.2) is 38.7 Å². The fraction of sp³-hybridized carbons (Fsp3) is 0.125. The van der Waals surface area contributed by atoms with Crippen molar-refractivity contribution in [2.75, 3.05) is 0 Å². The first-order valence-electron chi connectivity index (χ1n) is 6.67. The maximum absolute atomic E-state index is 12.0. The molecular weight excluding hydrogens is 318 g/mol. The number of rotatable bonds is 2. The van der Waals surface area contributed by atoms with Gasteiger partial charge in [0.05, 0.1) is 5.57 Å². The molecule has 0 saturated carbocycles. The fourth-order valence-electron chi connectivity index (χ4n) is 2.29. The molecule has 23 heavy (non-hydrogen) atoms. The lowest BCUT2D eigenvalue weighted by Gasteiger charge is -2.16. The molecule has 0 aromatic carbocycles. The second-order valence-corrected chi connectivity index (χ2v) is 6.12. The van der Waals surface area contributed by atoms with Gasteiger partial charge in [-0.3, -0.25) is 19.4 Å². The van der Waals surface area contributed by atoms with Gasteiger partial charge in [-0.1, -0.05) is 0 Å². The number of aromatic nitrogens is 1. The van der Waals surface area contributed by atoms with E-state index in [1.807, 2.05) is 13.0 Å². The summed E-state index contributed by atoms with van der Waals surface area (Å²) in [6.45, 7) is 1.84. The molecule has 2 heterocycles. The van der Waals surface area contributed by atoms with Crippen LogP contribution in [0.25, 0.3) is 16.0 Å². The number of hydrogen-bond donors (Lipinski definition) is 2. The molecule has 3 rings (SSSR count). The number of Topliss-reactive ketones (excluding diaryl/α,β-unsaturated/α-hetero) is 3. The highest BCUT2D eigenvalue weighted by molar-refractivity contribution is 7.17. The number of pyridine rings is 1. The van der Waals surface area contributed by atoms with E-state index in [0.717, 1.165) is 16.1 Å². The third-order valence-corrected chi connectivity index (χ3v) is 4.60. The Morgan fingerprint density at radius 3 is 2.48 bits per heavy atom. The van der Waals surface area contributed by atoms with Gasteiger partial charge >= 0.3 is 0 Å². The van der Waals surface area contributed by atoms with Gasteiger partial charge in [0.2, 0.25) is 11.6 Å². The van der Waals surface area contributed by atoms with Gasteiger partial charge in [-0.15, -0.1) is 11.3 Å². The van der Waals surface area contributed by atoms with E-state index in [9.17, 15) is 24.6 Å². The van der Waals surface area contributed by atoms with E-state index >= 15 is 0 Å². The molecule has 2 N–H and O–H groups in total. The Morgan fingerprint density at radius 1 is 1.09 bits per heavy atom. The first-order valence-corrected chi connectivity index (χ1v) is 7.49.